The monoisotopic (exact) mass is 254 g/mol. The molecule has 0 N–H and O–H groups in total. The predicted molar refractivity (Wildman–Crippen MR) is 63.1 cm³/mol. The van der Waals surface area contributed by atoms with Gasteiger partial charge in [0.2, 0.25) is 5.78 Å². The molecule has 0 fully saturated rings. The van der Waals surface area contributed by atoms with Crippen LogP contribution in [0.2, 0.25) is 10.0 Å². The van der Waals surface area contributed by atoms with Gasteiger partial charge in [0.15, 0.2) is 0 Å². The number of ketones is 1. The lowest BCUT2D eigenvalue weighted by Crippen LogP contribution is -2.08. The van der Waals surface area contributed by atoms with Gasteiger partial charge < -0.3 is 0 Å². The van der Waals surface area contributed by atoms with Gasteiger partial charge in [-0.05, 0) is 24.3 Å². The average Bonchev–Trinajstić information content (AvgIpc) is 2.67. The summed E-state index contributed by atoms with van der Waals surface area (Å²) in [4.78, 5) is 12.1. The second kappa shape index (κ2) is 4.28. The summed E-state index contributed by atoms with van der Waals surface area (Å²) in [6, 6.07) is 6.44. The molecular formula is C11H8Cl2N2O. The third-order valence-corrected chi connectivity index (χ3v) is 2.79. The molecule has 0 aliphatic rings. The Hall–Kier alpha value is -1.32. The van der Waals surface area contributed by atoms with E-state index < -0.39 is 0 Å². The van der Waals surface area contributed by atoms with Gasteiger partial charge in [-0.2, -0.15) is 5.10 Å². The molecule has 0 atom stereocenters. The standard InChI is InChI=1S/C11H8Cl2N2O/c1-15-10(4-5-14-15)11(16)8-6-7(12)2-3-9(8)13/h2-6H,1H3. The van der Waals surface area contributed by atoms with Gasteiger partial charge in [0, 0.05) is 23.8 Å². The van der Waals surface area contributed by atoms with E-state index in [2.05, 4.69) is 5.10 Å². The van der Waals surface area contributed by atoms with Crippen molar-refractivity contribution in [2.45, 2.75) is 0 Å². The maximum atomic E-state index is 12.1. The fourth-order valence-electron chi connectivity index (χ4n) is 1.41. The highest BCUT2D eigenvalue weighted by Crippen LogP contribution is 2.23. The Balaban J connectivity index is 2.49. The van der Waals surface area contributed by atoms with Crippen LogP contribution in [0.15, 0.2) is 30.5 Å². The summed E-state index contributed by atoms with van der Waals surface area (Å²) in [7, 11) is 1.70. The van der Waals surface area contributed by atoms with Crippen molar-refractivity contribution in [3.63, 3.8) is 0 Å². The van der Waals surface area contributed by atoms with Gasteiger partial charge in [0.25, 0.3) is 0 Å². The summed E-state index contributed by atoms with van der Waals surface area (Å²) in [5.74, 6) is -0.187. The van der Waals surface area contributed by atoms with E-state index in [4.69, 9.17) is 23.2 Å². The third-order valence-electron chi connectivity index (χ3n) is 2.23. The molecule has 5 heteroatoms. The minimum absolute atomic E-state index is 0.187. The van der Waals surface area contributed by atoms with Crippen LogP contribution in [-0.4, -0.2) is 15.6 Å². The van der Waals surface area contributed by atoms with Gasteiger partial charge in [0.05, 0.1) is 5.02 Å². The normalized spacial score (nSPS) is 10.4. The summed E-state index contributed by atoms with van der Waals surface area (Å²) in [5, 5.41) is 4.80. The lowest BCUT2D eigenvalue weighted by Gasteiger charge is -2.04. The molecule has 0 spiro atoms. The number of hydrogen-bond acceptors (Lipinski definition) is 2. The van der Waals surface area contributed by atoms with Crippen molar-refractivity contribution in [1.82, 2.24) is 9.78 Å². The number of hydrogen-bond donors (Lipinski definition) is 0. The molecule has 2 aromatic rings. The first-order chi connectivity index (χ1) is 7.59. The van der Waals surface area contributed by atoms with Crippen LogP contribution >= 0.6 is 23.2 Å². The molecule has 16 heavy (non-hydrogen) atoms. The summed E-state index contributed by atoms with van der Waals surface area (Å²) in [6.45, 7) is 0. The van der Waals surface area contributed by atoms with Crippen molar-refractivity contribution in [3.05, 3.63) is 51.8 Å². The summed E-state index contributed by atoms with van der Waals surface area (Å²) >= 11 is 11.8. The van der Waals surface area contributed by atoms with Crippen LogP contribution in [0.1, 0.15) is 16.1 Å². The zero-order chi connectivity index (χ0) is 11.7. The second-order valence-corrected chi connectivity index (χ2v) is 4.14. The molecule has 0 saturated heterocycles. The van der Waals surface area contributed by atoms with E-state index in [0.717, 1.165) is 0 Å². The zero-order valence-corrected chi connectivity index (χ0v) is 9.96. The largest absolute Gasteiger partial charge is 0.287 e. The van der Waals surface area contributed by atoms with Gasteiger partial charge in [-0.3, -0.25) is 9.48 Å². The molecule has 0 unspecified atom stereocenters. The van der Waals surface area contributed by atoms with Crippen molar-refractivity contribution in [2.24, 2.45) is 7.05 Å². The molecule has 0 saturated carbocycles. The number of carbonyl (C=O) groups excluding carboxylic acids is 1. The topological polar surface area (TPSA) is 34.9 Å². The predicted octanol–water partition coefficient (Wildman–Crippen LogP) is 2.96. The number of halogens is 2. The Kier molecular flexibility index (Phi) is 2.99. The van der Waals surface area contributed by atoms with Gasteiger partial charge in [-0.15, -0.1) is 0 Å². The van der Waals surface area contributed by atoms with Crippen LogP contribution < -0.4 is 0 Å². The van der Waals surface area contributed by atoms with Crippen molar-refractivity contribution in [2.75, 3.05) is 0 Å². The van der Waals surface area contributed by atoms with E-state index in [9.17, 15) is 4.79 Å². The lowest BCUT2D eigenvalue weighted by atomic mass is 10.1. The average molecular weight is 255 g/mol. The minimum Gasteiger partial charge on any atom is -0.287 e. The highest BCUT2D eigenvalue weighted by atomic mass is 35.5. The second-order valence-electron chi connectivity index (χ2n) is 3.29. The van der Waals surface area contributed by atoms with Crippen molar-refractivity contribution in [1.29, 1.82) is 0 Å². The van der Waals surface area contributed by atoms with Crippen LogP contribution in [0.25, 0.3) is 0 Å². The van der Waals surface area contributed by atoms with Gasteiger partial charge in [-0.1, -0.05) is 23.2 Å². The number of aryl methyl sites for hydroxylation is 1. The molecule has 1 aromatic carbocycles. The van der Waals surface area contributed by atoms with Crippen LogP contribution in [0.3, 0.4) is 0 Å². The molecule has 0 aliphatic heterocycles. The molecule has 0 bridgehead atoms. The quantitative estimate of drug-likeness (QED) is 0.773. The molecule has 0 amide bonds. The summed E-state index contributed by atoms with van der Waals surface area (Å²) < 4.78 is 1.50. The minimum atomic E-state index is -0.187. The van der Waals surface area contributed by atoms with Crippen molar-refractivity contribution >= 4 is 29.0 Å². The Labute approximate surface area is 103 Å². The SMILES string of the molecule is Cn1nccc1C(=O)c1cc(Cl)ccc1Cl. The molecule has 2 rings (SSSR count). The zero-order valence-electron chi connectivity index (χ0n) is 8.45. The smallest absolute Gasteiger partial charge is 0.212 e. The van der Waals surface area contributed by atoms with E-state index in [0.29, 0.717) is 21.3 Å². The lowest BCUT2D eigenvalue weighted by molar-refractivity contribution is 0.103. The molecule has 0 aliphatic carbocycles. The highest BCUT2D eigenvalue weighted by Gasteiger charge is 2.16. The molecular weight excluding hydrogens is 247 g/mol. The van der Waals surface area contributed by atoms with E-state index in [1.165, 1.54) is 4.68 Å². The summed E-state index contributed by atoms with van der Waals surface area (Å²) in [5.41, 5.74) is 0.863. The number of carbonyl (C=O) groups is 1. The maximum absolute atomic E-state index is 12.1. The van der Waals surface area contributed by atoms with Gasteiger partial charge in [-0.25, -0.2) is 0 Å². The number of rotatable bonds is 2. The Bertz CT molecular complexity index is 549. The van der Waals surface area contributed by atoms with Crippen LogP contribution in [0.5, 0.6) is 0 Å². The Morgan fingerprint density at radius 1 is 1.31 bits per heavy atom. The van der Waals surface area contributed by atoms with Crippen LogP contribution in [0, 0.1) is 0 Å². The highest BCUT2D eigenvalue weighted by molar-refractivity contribution is 6.36. The molecule has 1 heterocycles. The van der Waals surface area contributed by atoms with Crippen LogP contribution in [-0.2, 0) is 7.05 Å². The number of benzene rings is 1. The van der Waals surface area contributed by atoms with Crippen molar-refractivity contribution in [3.8, 4) is 0 Å². The van der Waals surface area contributed by atoms with E-state index in [1.807, 2.05) is 0 Å². The van der Waals surface area contributed by atoms with Gasteiger partial charge in [0.1, 0.15) is 5.69 Å². The van der Waals surface area contributed by atoms with Crippen molar-refractivity contribution < 1.29 is 4.79 Å². The van der Waals surface area contributed by atoms with E-state index in [1.54, 1.807) is 37.5 Å². The van der Waals surface area contributed by atoms with E-state index in [-0.39, 0.29) is 5.78 Å². The van der Waals surface area contributed by atoms with Gasteiger partial charge >= 0.3 is 0 Å². The van der Waals surface area contributed by atoms with E-state index >= 15 is 0 Å². The first-order valence-electron chi connectivity index (χ1n) is 4.57. The van der Waals surface area contributed by atoms with Crippen LogP contribution in [0.4, 0.5) is 0 Å². The number of nitrogens with zero attached hydrogens (tertiary/aromatic N) is 2. The fourth-order valence-corrected chi connectivity index (χ4v) is 1.78. The first-order valence-corrected chi connectivity index (χ1v) is 5.33. The third kappa shape index (κ3) is 1.96. The maximum Gasteiger partial charge on any atom is 0.212 e. The number of aromatic nitrogens is 2. The Morgan fingerprint density at radius 2 is 2.06 bits per heavy atom. The molecule has 0 radical (unpaired) electrons. The first kappa shape index (κ1) is 11.2. The fraction of sp³-hybridized carbons (Fsp3) is 0.0909. The summed E-state index contributed by atoms with van der Waals surface area (Å²) in [6.07, 6.45) is 1.56. The molecule has 1 aromatic heterocycles. The Morgan fingerprint density at radius 3 is 2.69 bits per heavy atom. The molecule has 3 nitrogen and oxygen atoms in total. The molecule has 82 valence electrons.